The zero-order valence-corrected chi connectivity index (χ0v) is 15.3. The third-order valence-electron chi connectivity index (χ3n) is 3.73. The van der Waals surface area contributed by atoms with E-state index in [2.05, 4.69) is 0 Å². The maximum atomic E-state index is 14.3. The van der Waals surface area contributed by atoms with Gasteiger partial charge in [-0.05, 0) is 59.5 Å². The molecule has 0 saturated carbocycles. The van der Waals surface area contributed by atoms with Crippen LogP contribution in [0.4, 0.5) is 8.78 Å². The average Bonchev–Trinajstić information content (AvgIpc) is 2.79. The Balaban J connectivity index is 0.00000109. The third-order valence-corrected chi connectivity index (χ3v) is 3.99. The Morgan fingerprint density at radius 2 is 1.48 bits per heavy atom. The molecule has 0 bridgehead atoms. The van der Waals surface area contributed by atoms with Crippen molar-refractivity contribution in [1.82, 2.24) is 0 Å². The summed E-state index contributed by atoms with van der Waals surface area (Å²) in [4.78, 5) is 0. The van der Waals surface area contributed by atoms with E-state index in [4.69, 9.17) is 11.6 Å². The molecule has 2 aromatic rings. The van der Waals surface area contributed by atoms with Crippen molar-refractivity contribution in [2.24, 2.45) is 0 Å². The van der Waals surface area contributed by atoms with Crippen molar-refractivity contribution in [3.8, 4) is 0 Å². The molecule has 25 heavy (non-hydrogen) atoms. The fraction of sp³-hybridized carbons (Fsp3) is 0.182. The van der Waals surface area contributed by atoms with Crippen LogP contribution in [-0.4, -0.2) is 6.17 Å². The second kappa shape index (κ2) is 8.77. The van der Waals surface area contributed by atoms with Gasteiger partial charge in [0.15, 0.2) is 0 Å². The van der Waals surface area contributed by atoms with Gasteiger partial charge in [-0.1, -0.05) is 61.9 Å². The van der Waals surface area contributed by atoms with Gasteiger partial charge in [0.1, 0.15) is 12.0 Å². The van der Waals surface area contributed by atoms with E-state index in [0.29, 0.717) is 16.2 Å². The van der Waals surface area contributed by atoms with Crippen LogP contribution in [0.15, 0.2) is 66.8 Å². The summed E-state index contributed by atoms with van der Waals surface area (Å²) in [5.41, 5.74) is 3.39. The third kappa shape index (κ3) is 4.90. The monoisotopic (exact) mass is 358 g/mol. The van der Waals surface area contributed by atoms with Gasteiger partial charge in [0, 0.05) is 10.6 Å². The van der Waals surface area contributed by atoms with E-state index in [0.717, 1.165) is 16.7 Å². The molecule has 0 spiro atoms. The van der Waals surface area contributed by atoms with Crippen LogP contribution in [0.2, 0.25) is 5.02 Å². The number of hydrogen-bond acceptors (Lipinski definition) is 0. The molecule has 0 saturated heterocycles. The summed E-state index contributed by atoms with van der Waals surface area (Å²) in [5, 5.41) is 0.629. The Labute approximate surface area is 153 Å². The first kappa shape index (κ1) is 19.1. The quantitative estimate of drug-likeness (QED) is 0.533. The van der Waals surface area contributed by atoms with Gasteiger partial charge in [0.2, 0.25) is 0 Å². The molecule has 130 valence electrons. The molecule has 3 rings (SSSR count). The minimum Gasteiger partial charge on any atom is -0.238 e. The van der Waals surface area contributed by atoms with Crippen LogP contribution < -0.4 is 0 Å². The van der Waals surface area contributed by atoms with E-state index < -0.39 is 6.17 Å². The summed E-state index contributed by atoms with van der Waals surface area (Å²) in [7, 11) is 0. The van der Waals surface area contributed by atoms with Crippen LogP contribution >= 0.6 is 11.6 Å². The minimum absolute atomic E-state index is 0.344. The Hall–Kier alpha value is -2.19. The highest BCUT2D eigenvalue weighted by Gasteiger charge is 2.12. The number of alkyl halides is 1. The van der Waals surface area contributed by atoms with Crippen LogP contribution in [0.5, 0.6) is 0 Å². The van der Waals surface area contributed by atoms with Crippen molar-refractivity contribution in [1.29, 1.82) is 0 Å². The number of benzene rings is 2. The smallest absolute Gasteiger partial charge is 0.138 e. The largest absolute Gasteiger partial charge is 0.238 e. The van der Waals surface area contributed by atoms with Crippen molar-refractivity contribution in [2.45, 2.75) is 26.9 Å². The van der Waals surface area contributed by atoms with Gasteiger partial charge in [0.05, 0.1) is 0 Å². The van der Waals surface area contributed by atoms with E-state index in [1.165, 1.54) is 18.2 Å². The summed E-state index contributed by atoms with van der Waals surface area (Å²) in [6, 6.07) is 12.1. The van der Waals surface area contributed by atoms with Crippen LogP contribution in [0.1, 0.15) is 30.5 Å². The number of rotatable bonds is 2. The fourth-order valence-corrected chi connectivity index (χ4v) is 2.68. The Morgan fingerprint density at radius 1 is 0.880 bits per heavy atom. The predicted octanol–water partition coefficient (Wildman–Crippen LogP) is 7.19. The summed E-state index contributed by atoms with van der Waals surface area (Å²) < 4.78 is 28.4. The van der Waals surface area contributed by atoms with Crippen molar-refractivity contribution in [3.05, 3.63) is 94.3 Å². The number of hydrogen-bond donors (Lipinski definition) is 0. The van der Waals surface area contributed by atoms with Crippen molar-refractivity contribution in [2.75, 3.05) is 0 Å². The molecular formula is C22H21ClF2. The van der Waals surface area contributed by atoms with Crippen LogP contribution in [0, 0.1) is 12.7 Å². The lowest BCUT2D eigenvalue weighted by Crippen LogP contribution is -1.94. The van der Waals surface area contributed by atoms with Crippen molar-refractivity contribution < 1.29 is 8.78 Å². The molecule has 0 amide bonds. The first-order valence-corrected chi connectivity index (χ1v) is 8.69. The molecule has 0 aliphatic heterocycles. The zero-order chi connectivity index (χ0) is 18.4. The molecule has 0 fully saturated rings. The van der Waals surface area contributed by atoms with Crippen molar-refractivity contribution in [3.63, 3.8) is 0 Å². The normalized spacial score (nSPS) is 16.3. The van der Waals surface area contributed by atoms with E-state index in [1.54, 1.807) is 30.4 Å². The molecule has 1 aliphatic carbocycles. The van der Waals surface area contributed by atoms with E-state index in [9.17, 15) is 8.78 Å². The molecule has 0 nitrogen and oxygen atoms in total. The average molecular weight is 359 g/mol. The van der Waals surface area contributed by atoms with E-state index in [-0.39, 0.29) is 5.82 Å². The van der Waals surface area contributed by atoms with Gasteiger partial charge >= 0.3 is 0 Å². The Morgan fingerprint density at radius 3 is 2.12 bits per heavy atom. The van der Waals surface area contributed by atoms with E-state index in [1.807, 2.05) is 39.0 Å². The summed E-state index contributed by atoms with van der Waals surface area (Å²) in [6.07, 6.45) is 5.19. The number of allylic oxidation sites excluding steroid dienone is 6. The van der Waals surface area contributed by atoms with Gasteiger partial charge in [-0.15, -0.1) is 0 Å². The first-order valence-electron chi connectivity index (χ1n) is 8.31. The highest BCUT2D eigenvalue weighted by molar-refractivity contribution is 6.30. The molecule has 1 atom stereocenters. The van der Waals surface area contributed by atoms with Gasteiger partial charge in [0.25, 0.3) is 0 Å². The summed E-state index contributed by atoms with van der Waals surface area (Å²) in [5.74, 6) is -0.344. The van der Waals surface area contributed by atoms with Gasteiger partial charge < -0.3 is 0 Å². The number of aryl methyl sites for hydroxylation is 1. The molecule has 2 aromatic carbocycles. The topological polar surface area (TPSA) is 0 Å². The Kier molecular flexibility index (Phi) is 6.72. The summed E-state index contributed by atoms with van der Waals surface area (Å²) in [6.45, 7) is 5.82. The Bertz CT molecular complexity index is 814. The molecule has 1 aliphatic rings. The van der Waals surface area contributed by atoms with Crippen LogP contribution in [0.3, 0.4) is 0 Å². The molecule has 0 aromatic heterocycles. The number of halogens is 3. The fourth-order valence-electron chi connectivity index (χ4n) is 2.55. The lowest BCUT2D eigenvalue weighted by atomic mass is 10.0. The molecule has 1 unspecified atom stereocenters. The molecule has 0 N–H and O–H groups in total. The highest BCUT2D eigenvalue weighted by atomic mass is 35.5. The predicted molar refractivity (Wildman–Crippen MR) is 104 cm³/mol. The maximum Gasteiger partial charge on any atom is 0.138 e. The standard InChI is InChI=1S/C20H15ClF2.C2H6/c1-13-2-9-19(20(23)10-13)16-4-3-15(11-18(22)12-16)14-5-7-17(21)8-6-14;1-2/h2-12,18H,1H3;1-2H3. The van der Waals surface area contributed by atoms with E-state index >= 15 is 0 Å². The zero-order valence-electron chi connectivity index (χ0n) is 14.6. The highest BCUT2D eigenvalue weighted by Crippen LogP contribution is 2.28. The van der Waals surface area contributed by atoms with Gasteiger partial charge in [-0.3, -0.25) is 0 Å². The van der Waals surface area contributed by atoms with Crippen LogP contribution in [0.25, 0.3) is 11.1 Å². The molecule has 0 radical (unpaired) electrons. The second-order valence-corrected chi connectivity index (χ2v) is 5.95. The lowest BCUT2D eigenvalue weighted by Gasteiger charge is -2.05. The van der Waals surface area contributed by atoms with Crippen LogP contribution in [-0.2, 0) is 0 Å². The van der Waals surface area contributed by atoms with Crippen molar-refractivity contribution >= 4 is 22.7 Å². The second-order valence-electron chi connectivity index (χ2n) is 5.51. The maximum absolute atomic E-state index is 14.3. The van der Waals surface area contributed by atoms with Gasteiger partial charge in [-0.25, -0.2) is 8.78 Å². The first-order chi connectivity index (χ1) is 12.0. The minimum atomic E-state index is -1.29. The SMILES string of the molecule is CC.Cc1ccc(C2=CC(F)C=C(c3ccc(Cl)cc3)C=C2)c(F)c1. The molecule has 3 heteroatoms. The molecular weight excluding hydrogens is 338 g/mol. The van der Waals surface area contributed by atoms with Gasteiger partial charge in [-0.2, -0.15) is 0 Å². The summed E-state index contributed by atoms with van der Waals surface area (Å²) >= 11 is 5.88. The lowest BCUT2D eigenvalue weighted by molar-refractivity contribution is 0.471. The molecule has 0 heterocycles.